The van der Waals surface area contributed by atoms with Crippen molar-refractivity contribution >= 4 is 17.7 Å². The highest BCUT2D eigenvalue weighted by atomic mass is 16.4. The topological polar surface area (TPSA) is 104 Å². The standard InChI is InChI=1S/C6H9NO5/c1-3(8)5(6(11)12)7-2-4(9)10/h5,7H,2H2,1H3,(H,9,10)(H,11,12). The van der Waals surface area contributed by atoms with Gasteiger partial charge in [-0.15, -0.1) is 0 Å². The summed E-state index contributed by atoms with van der Waals surface area (Å²) in [7, 11) is 0. The summed E-state index contributed by atoms with van der Waals surface area (Å²) in [5.74, 6) is -3.20. The van der Waals surface area contributed by atoms with Crippen molar-refractivity contribution < 1.29 is 24.6 Å². The number of nitrogens with one attached hydrogen (secondary N) is 1. The molecule has 0 bridgehead atoms. The molecule has 0 saturated heterocycles. The van der Waals surface area contributed by atoms with Crippen molar-refractivity contribution in [1.29, 1.82) is 0 Å². The van der Waals surface area contributed by atoms with Gasteiger partial charge in [0.05, 0.1) is 6.54 Å². The van der Waals surface area contributed by atoms with Gasteiger partial charge in [0.25, 0.3) is 0 Å². The Morgan fingerprint density at radius 3 is 2.08 bits per heavy atom. The van der Waals surface area contributed by atoms with Gasteiger partial charge in [-0.05, 0) is 6.92 Å². The fourth-order valence-electron chi connectivity index (χ4n) is 0.594. The predicted octanol–water partition coefficient (Wildman–Crippen LogP) is -1.30. The lowest BCUT2D eigenvalue weighted by molar-refractivity contribution is -0.143. The van der Waals surface area contributed by atoms with Crippen LogP contribution in [0.25, 0.3) is 0 Å². The van der Waals surface area contributed by atoms with Crippen LogP contribution >= 0.6 is 0 Å². The number of rotatable bonds is 5. The van der Waals surface area contributed by atoms with E-state index < -0.39 is 30.3 Å². The molecule has 68 valence electrons. The maximum absolute atomic E-state index is 10.6. The molecule has 0 aromatic rings. The minimum Gasteiger partial charge on any atom is -0.480 e. The molecule has 0 amide bonds. The number of ketones is 1. The largest absolute Gasteiger partial charge is 0.480 e. The van der Waals surface area contributed by atoms with Crippen molar-refractivity contribution in [2.75, 3.05) is 6.54 Å². The van der Waals surface area contributed by atoms with Gasteiger partial charge in [0, 0.05) is 0 Å². The van der Waals surface area contributed by atoms with Gasteiger partial charge in [-0.1, -0.05) is 0 Å². The Morgan fingerprint density at radius 2 is 1.83 bits per heavy atom. The summed E-state index contributed by atoms with van der Waals surface area (Å²) < 4.78 is 0. The summed E-state index contributed by atoms with van der Waals surface area (Å²) in [5, 5.41) is 18.6. The number of carbonyl (C=O) groups is 3. The van der Waals surface area contributed by atoms with Gasteiger partial charge in [0.1, 0.15) is 0 Å². The zero-order valence-corrected chi connectivity index (χ0v) is 6.40. The lowest BCUT2D eigenvalue weighted by Crippen LogP contribution is -2.44. The van der Waals surface area contributed by atoms with E-state index in [9.17, 15) is 14.4 Å². The van der Waals surface area contributed by atoms with Crippen molar-refractivity contribution in [2.24, 2.45) is 0 Å². The van der Waals surface area contributed by atoms with Crippen molar-refractivity contribution in [1.82, 2.24) is 5.32 Å². The molecule has 0 aromatic carbocycles. The molecule has 0 radical (unpaired) electrons. The predicted molar refractivity (Wildman–Crippen MR) is 37.7 cm³/mol. The SMILES string of the molecule is CC(=O)C(NCC(=O)O)C(=O)O. The van der Waals surface area contributed by atoms with E-state index >= 15 is 0 Å². The zero-order chi connectivity index (χ0) is 9.72. The Labute approximate surface area is 68.2 Å². The smallest absolute Gasteiger partial charge is 0.328 e. The first-order valence-electron chi connectivity index (χ1n) is 3.13. The maximum atomic E-state index is 10.6. The van der Waals surface area contributed by atoms with Gasteiger partial charge in [0.2, 0.25) is 0 Å². The quantitative estimate of drug-likeness (QED) is 0.449. The summed E-state index contributed by atoms with van der Waals surface area (Å²) in [4.78, 5) is 30.8. The molecule has 12 heavy (non-hydrogen) atoms. The van der Waals surface area contributed by atoms with Gasteiger partial charge >= 0.3 is 11.9 Å². The zero-order valence-electron chi connectivity index (χ0n) is 6.40. The van der Waals surface area contributed by atoms with Gasteiger partial charge < -0.3 is 10.2 Å². The van der Waals surface area contributed by atoms with Gasteiger partial charge in [0.15, 0.2) is 11.8 Å². The van der Waals surface area contributed by atoms with Gasteiger partial charge in [-0.25, -0.2) is 0 Å². The molecular formula is C6H9NO5. The van der Waals surface area contributed by atoms with E-state index in [4.69, 9.17) is 10.2 Å². The molecule has 6 nitrogen and oxygen atoms in total. The number of hydrogen-bond donors (Lipinski definition) is 3. The second-order valence-corrected chi connectivity index (χ2v) is 2.16. The number of carbonyl (C=O) groups excluding carboxylic acids is 1. The number of aliphatic carboxylic acids is 2. The Bertz CT molecular complexity index is 198. The molecule has 0 rings (SSSR count). The molecule has 0 aliphatic carbocycles. The Balaban J connectivity index is 4.06. The average molecular weight is 175 g/mol. The third-order valence-electron chi connectivity index (χ3n) is 1.11. The van der Waals surface area contributed by atoms with Crippen LogP contribution in [0.5, 0.6) is 0 Å². The van der Waals surface area contributed by atoms with E-state index in [0.717, 1.165) is 6.92 Å². The molecule has 0 aliphatic rings. The summed E-state index contributed by atoms with van der Waals surface area (Å²) in [6.07, 6.45) is 0. The molecule has 0 saturated carbocycles. The highest BCUT2D eigenvalue weighted by molar-refractivity contribution is 6.01. The highest BCUT2D eigenvalue weighted by Crippen LogP contribution is 1.85. The third-order valence-corrected chi connectivity index (χ3v) is 1.11. The fraction of sp³-hybridized carbons (Fsp3) is 0.500. The van der Waals surface area contributed by atoms with E-state index in [2.05, 4.69) is 5.32 Å². The molecule has 0 heterocycles. The van der Waals surface area contributed by atoms with Crippen molar-refractivity contribution in [2.45, 2.75) is 13.0 Å². The second kappa shape index (κ2) is 4.45. The van der Waals surface area contributed by atoms with E-state index in [1.807, 2.05) is 0 Å². The number of hydrogen-bond acceptors (Lipinski definition) is 4. The molecule has 0 fully saturated rings. The average Bonchev–Trinajstić information content (AvgIpc) is 1.84. The van der Waals surface area contributed by atoms with Gasteiger partial charge in [-0.3, -0.25) is 19.7 Å². The van der Waals surface area contributed by atoms with E-state index in [1.165, 1.54) is 0 Å². The van der Waals surface area contributed by atoms with Crippen LogP contribution in [0.2, 0.25) is 0 Å². The number of Topliss-reactive ketones (excluding diaryl/α,β-unsaturated/α-hetero) is 1. The molecule has 1 unspecified atom stereocenters. The van der Waals surface area contributed by atoms with Crippen LogP contribution in [0.3, 0.4) is 0 Å². The molecule has 6 heteroatoms. The number of carboxylic acids is 2. The lowest BCUT2D eigenvalue weighted by Gasteiger charge is -2.07. The minimum atomic E-state index is -1.43. The van der Waals surface area contributed by atoms with Crippen molar-refractivity contribution in [3.8, 4) is 0 Å². The van der Waals surface area contributed by atoms with Crippen LogP contribution in [-0.2, 0) is 14.4 Å². The molecule has 0 spiro atoms. The Hall–Kier alpha value is -1.43. The molecule has 0 aromatic heterocycles. The minimum absolute atomic E-state index is 0.545. The van der Waals surface area contributed by atoms with Crippen LogP contribution in [0.4, 0.5) is 0 Å². The van der Waals surface area contributed by atoms with Crippen molar-refractivity contribution in [3.63, 3.8) is 0 Å². The highest BCUT2D eigenvalue weighted by Gasteiger charge is 2.22. The van der Waals surface area contributed by atoms with Crippen LogP contribution in [0.15, 0.2) is 0 Å². The lowest BCUT2D eigenvalue weighted by atomic mass is 10.2. The van der Waals surface area contributed by atoms with Crippen LogP contribution in [0, 0.1) is 0 Å². The first-order chi connectivity index (χ1) is 5.45. The van der Waals surface area contributed by atoms with Crippen LogP contribution < -0.4 is 5.32 Å². The second-order valence-electron chi connectivity index (χ2n) is 2.16. The first kappa shape index (κ1) is 10.6. The van der Waals surface area contributed by atoms with Crippen molar-refractivity contribution in [3.05, 3.63) is 0 Å². The van der Waals surface area contributed by atoms with E-state index in [1.54, 1.807) is 0 Å². The maximum Gasteiger partial charge on any atom is 0.328 e. The summed E-state index contributed by atoms with van der Waals surface area (Å²) in [6, 6.07) is -1.43. The Kier molecular flexibility index (Phi) is 3.92. The number of carboxylic acid groups (broad SMARTS) is 2. The van der Waals surface area contributed by atoms with Gasteiger partial charge in [-0.2, -0.15) is 0 Å². The molecule has 3 N–H and O–H groups in total. The third kappa shape index (κ3) is 3.67. The summed E-state index contributed by atoms with van der Waals surface area (Å²) in [5.41, 5.74) is 0. The fourth-order valence-corrected chi connectivity index (χ4v) is 0.594. The molecule has 0 aliphatic heterocycles. The monoisotopic (exact) mass is 175 g/mol. The summed E-state index contributed by atoms with van der Waals surface area (Å²) >= 11 is 0. The first-order valence-corrected chi connectivity index (χ1v) is 3.13. The van der Waals surface area contributed by atoms with E-state index in [0.29, 0.717) is 0 Å². The normalized spacial score (nSPS) is 12.1. The molecule has 1 atom stereocenters. The van der Waals surface area contributed by atoms with E-state index in [-0.39, 0.29) is 0 Å². The van der Waals surface area contributed by atoms with Crippen LogP contribution in [-0.4, -0.2) is 40.5 Å². The Morgan fingerprint density at radius 1 is 1.33 bits per heavy atom. The summed E-state index contributed by atoms with van der Waals surface area (Å²) in [6.45, 7) is 0.532. The van der Waals surface area contributed by atoms with Crippen LogP contribution in [0.1, 0.15) is 6.92 Å². The molecular weight excluding hydrogens is 166 g/mol.